The first kappa shape index (κ1) is 26.9. The van der Waals surface area contributed by atoms with Gasteiger partial charge in [0, 0.05) is 25.2 Å². The number of unbranched alkanes of at least 4 members (excludes halogenated alkanes) is 1. The molecular formula is C22H44N2O4. The number of hydrogen-bond acceptors (Lipinski definition) is 6. The van der Waals surface area contributed by atoms with Crippen molar-refractivity contribution in [2.24, 2.45) is 11.8 Å². The number of esters is 2. The molecule has 28 heavy (non-hydrogen) atoms. The van der Waals surface area contributed by atoms with Crippen LogP contribution in [0.25, 0.3) is 0 Å². The second-order valence-corrected chi connectivity index (χ2v) is 7.69. The summed E-state index contributed by atoms with van der Waals surface area (Å²) in [5.74, 6) is -0.642. The summed E-state index contributed by atoms with van der Waals surface area (Å²) in [6.07, 6.45) is 5.64. The molecular weight excluding hydrogens is 356 g/mol. The lowest BCUT2D eigenvalue weighted by Gasteiger charge is -2.18. The predicted octanol–water partition coefficient (Wildman–Crippen LogP) is 3.68. The number of ether oxygens (including phenoxy) is 2. The monoisotopic (exact) mass is 400 g/mol. The van der Waals surface area contributed by atoms with Crippen molar-refractivity contribution in [2.45, 2.75) is 92.2 Å². The fourth-order valence-corrected chi connectivity index (χ4v) is 2.84. The van der Waals surface area contributed by atoms with E-state index < -0.39 is 0 Å². The average molecular weight is 401 g/mol. The number of rotatable bonds is 17. The van der Waals surface area contributed by atoms with Crippen molar-refractivity contribution in [1.82, 2.24) is 10.6 Å². The summed E-state index contributed by atoms with van der Waals surface area (Å²) >= 11 is 0. The molecule has 0 rings (SSSR count). The lowest BCUT2D eigenvalue weighted by molar-refractivity contribution is -0.150. The average Bonchev–Trinajstić information content (AvgIpc) is 2.71. The summed E-state index contributed by atoms with van der Waals surface area (Å²) < 4.78 is 10.6. The zero-order valence-corrected chi connectivity index (χ0v) is 19.0. The Balaban J connectivity index is 3.78. The standard InChI is InChI=1S/C22H44N2O4/c1-7-19(8-2)23-15-17(5)21(25)27-13-11-12-14-28-22(26)18(6)16-24-20(9-3)10-4/h17-20,23-24H,7-16H2,1-6H3. The molecule has 166 valence electrons. The highest BCUT2D eigenvalue weighted by Gasteiger charge is 2.17. The molecule has 0 radical (unpaired) electrons. The molecule has 0 aromatic carbocycles. The van der Waals surface area contributed by atoms with Crippen molar-refractivity contribution in [1.29, 1.82) is 0 Å². The van der Waals surface area contributed by atoms with E-state index in [4.69, 9.17) is 9.47 Å². The maximum Gasteiger partial charge on any atom is 0.309 e. The Kier molecular flexibility index (Phi) is 16.1. The number of nitrogens with one attached hydrogen (secondary N) is 2. The highest BCUT2D eigenvalue weighted by atomic mass is 16.5. The summed E-state index contributed by atoms with van der Waals surface area (Å²) in [5, 5.41) is 6.79. The van der Waals surface area contributed by atoms with Crippen LogP contribution in [0, 0.1) is 11.8 Å². The van der Waals surface area contributed by atoms with Crippen LogP contribution in [0.3, 0.4) is 0 Å². The zero-order valence-electron chi connectivity index (χ0n) is 19.0. The lowest BCUT2D eigenvalue weighted by atomic mass is 10.1. The highest BCUT2D eigenvalue weighted by Crippen LogP contribution is 2.04. The van der Waals surface area contributed by atoms with Gasteiger partial charge < -0.3 is 20.1 Å². The van der Waals surface area contributed by atoms with E-state index in [-0.39, 0.29) is 23.8 Å². The highest BCUT2D eigenvalue weighted by molar-refractivity contribution is 5.72. The molecule has 0 amide bonds. The predicted molar refractivity (Wildman–Crippen MR) is 114 cm³/mol. The van der Waals surface area contributed by atoms with Crippen molar-refractivity contribution in [3.63, 3.8) is 0 Å². The minimum Gasteiger partial charge on any atom is -0.465 e. The van der Waals surface area contributed by atoms with E-state index in [1.807, 2.05) is 13.8 Å². The zero-order chi connectivity index (χ0) is 21.4. The van der Waals surface area contributed by atoms with Crippen molar-refractivity contribution < 1.29 is 19.1 Å². The van der Waals surface area contributed by atoms with Crippen molar-refractivity contribution in [2.75, 3.05) is 26.3 Å². The van der Waals surface area contributed by atoms with Gasteiger partial charge in [-0.15, -0.1) is 0 Å². The van der Waals surface area contributed by atoms with E-state index in [1.165, 1.54) is 0 Å². The summed E-state index contributed by atoms with van der Waals surface area (Å²) in [7, 11) is 0. The van der Waals surface area contributed by atoms with E-state index in [2.05, 4.69) is 38.3 Å². The van der Waals surface area contributed by atoms with Gasteiger partial charge in [-0.25, -0.2) is 0 Å². The van der Waals surface area contributed by atoms with Gasteiger partial charge in [0.1, 0.15) is 0 Å². The Morgan fingerprint density at radius 3 is 1.29 bits per heavy atom. The molecule has 0 saturated carbocycles. The van der Waals surface area contributed by atoms with Crippen LogP contribution < -0.4 is 10.6 Å². The molecule has 6 heteroatoms. The Morgan fingerprint density at radius 2 is 1.00 bits per heavy atom. The van der Waals surface area contributed by atoms with E-state index in [0.29, 0.717) is 51.2 Å². The summed E-state index contributed by atoms with van der Waals surface area (Å²) in [4.78, 5) is 24.0. The molecule has 0 spiro atoms. The van der Waals surface area contributed by atoms with Gasteiger partial charge in [0.25, 0.3) is 0 Å². The minimum absolute atomic E-state index is 0.151. The summed E-state index contributed by atoms with van der Waals surface area (Å²) in [6, 6.07) is 0.912. The largest absolute Gasteiger partial charge is 0.465 e. The SMILES string of the molecule is CCC(CC)NCC(C)C(=O)OCCCCOC(=O)C(C)CNC(CC)CC. The maximum absolute atomic E-state index is 12.0. The third-order valence-electron chi connectivity index (χ3n) is 5.23. The fraction of sp³-hybridized carbons (Fsp3) is 0.909. The van der Waals surface area contributed by atoms with E-state index in [0.717, 1.165) is 25.7 Å². The third kappa shape index (κ3) is 12.3. The first-order valence-corrected chi connectivity index (χ1v) is 11.2. The quantitative estimate of drug-likeness (QED) is 0.286. The second-order valence-electron chi connectivity index (χ2n) is 7.69. The molecule has 0 aliphatic heterocycles. The third-order valence-corrected chi connectivity index (χ3v) is 5.23. The van der Waals surface area contributed by atoms with Gasteiger partial charge in [-0.3, -0.25) is 9.59 Å². The fourth-order valence-electron chi connectivity index (χ4n) is 2.84. The van der Waals surface area contributed by atoms with Gasteiger partial charge in [-0.2, -0.15) is 0 Å². The first-order chi connectivity index (χ1) is 13.4. The lowest BCUT2D eigenvalue weighted by Crippen LogP contribution is -2.35. The Bertz CT molecular complexity index is 371. The van der Waals surface area contributed by atoms with Gasteiger partial charge in [0.15, 0.2) is 0 Å². The van der Waals surface area contributed by atoms with Gasteiger partial charge in [0.05, 0.1) is 25.0 Å². The van der Waals surface area contributed by atoms with Crippen LogP contribution >= 0.6 is 0 Å². The van der Waals surface area contributed by atoms with Crippen LogP contribution in [0.5, 0.6) is 0 Å². The van der Waals surface area contributed by atoms with Crippen molar-refractivity contribution >= 4 is 11.9 Å². The maximum atomic E-state index is 12.0. The Labute approximate surface area is 172 Å². The molecule has 0 fully saturated rings. The second kappa shape index (κ2) is 16.8. The van der Waals surface area contributed by atoms with Crippen LogP contribution in [0.2, 0.25) is 0 Å². The molecule has 2 N–H and O–H groups in total. The van der Waals surface area contributed by atoms with Crippen LogP contribution in [-0.2, 0) is 19.1 Å². The van der Waals surface area contributed by atoms with E-state index in [1.54, 1.807) is 0 Å². The molecule has 0 aliphatic rings. The molecule has 0 aromatic heterocycles. The topological polar surface area (TPSA) is 76.7 Å². The van der Waals surface area contributed by atoms with Crippen LogP contribution in [0.15, 0.2) is 0 Å². The molecule has 6 nitrogen and oxygen atoms in total. The molecule has 2 atom stereocenters. The van der Waals surface area contributed by atoms with Gasteiger partial charge in [-0.1, -0.05) is 41.5 Å². The smallest absolute Gasteiger partial charge is 0.309 e. The molecule has 0 saturated heterocycles. The van der Waals surface area contributed by atoms with Crippen LogP contribution in [0.1, 0.15) is 80.1 Å². The molecule has 0 aromatic rings. The first-order valence-electron chi connectivity index (χ1n) is 11.2. The van der Waals surface area contributed by atoms with Crippen molar-refractivity contribution in [3.05, 3.63) is 0 Å². The van der Waals surface area contributed by atoms with E-state index in [9.17, 15) is 9.59 Å². The summed E-state index contributed by atoms with van der Waals surface area (Å²) in [6.45, 7) is 14.4. The van der Waals surface area contributed by atoms with Crippen LogP contribution in [-0.4, -0.2) is 50.3 Å². The minimum atomic E-state index is -0.170. The molecule has 2 unspecified atom stereocenters. The number of hydrogen-bond donors (Lipinski definition) is 2. The number of carbonyl (C=O) groups is 2. The summed E-state index contributed by atoms with van der Waals surface area (Å²) in [5.41, 5.74) is 0. The normalized spacial score (nSPS) is 13.6. The Morgan fingerprint density at radius 1 is 0.679 bits per heavy atom. The van der Waals surface area contributed by atoms with Gasteiger partial charge in [-0.05, 0) is 38.5 Å². The molecule has 0 bridgehead atoms. The van der Waals surface area contributed by atoms with Gasteiger partial charge >= 0.3 is 11.9 Å². The van der Waals surface area contributed by atoms with E-state index >= 15 is 0 Å². The number of carbonyl (C=O) groups excluding carboxylic acids is 2. The molecule has 0 aliphatic carbocycles. The van der Waals surface area contributed by atoms with Gasteiger partial charge in [0.2, 0.25) is 0 Å². The van der Waals surface area contributed by atoms with Crippen molar-refractivity contribution in [3.8, 4) is 0 Å². The molecule has 0 heterocycles. The van der Waals surface area contributed by atoms with Crippen LogP contribution in [0.4, 0.5) is 0 Å². The Hall–Kier alpha value is -1.14.